The number of halogens is 2. The predicted molar refractivity (Wildman–Crippen MR) is 121 cm³/mol. The Morgan fingerprint density at radius 3 is 2.58 bits per heavy atom. The van der Waals surface area contributed by atoms with Crippen LogP contribution in [-0.2, 0) is 0 Å². The third-order valence-corrected chi connectivity index (χ3v) is 6.91. The van der Waals surface area contributed by atoms with Crippen LogP contribution in [0.1, 0.15) is 48.3 Å². The number of pyridine rings is 2. The van der Waals surface area contributed by atoms with Crippen molar-refractivity contribution in [1.82, 2.24) is 24.6 Å². The fraction of sp³-hybridized carbons (Fsp3) is 0.478. The molecule has 1 N–H and O–H groups in total. The lowest BCUT2D eigenvalue weighted by Crippen LogP contribution is -2.45. The molecule has 0 bridgehead atoms. The van der Waals surface area contributed by atoms with Crippen molar-refractivity contribution < 1.29 is 4.39 Å². The molecule has 0 spiro atoms. The molecule has 164 valence electrons. The van der Waals surface area contributed by atoms with E-state index in [1.54, 1.807) is 6.07 Å². The van der Waals surface area contributed by atoms with Gasteiger partial charge in [0.15, 0.2) is 0 Å². The van der Waals surface area contributed by atoms with E-state index in [9.17, 15) is 4.39 Å². The SMILES string of the molecule is Cc1cc(F)cnc1[C@@H]1CCC[C@H](c2nc3cccc(N4CCN(C)CC4)n3c2Cl)N1. The molecular formula is C23H28ClFN6. The topological polar surface area (TPSA) is 48.7 Å². The van der Waals surface area contributed by atoms with Gasteiger partial charge in [0, 0.05) is 26.2 Å². The molecule has 31 heavy (non-hydrogen) atoms. The molecular weight excluding hydrogens is 415 g/mol. The van der Waals surface area contributed by atoms with Crippen molar-refractivity contribution in [3.63, 3.8) is 0 Å². The van der Waals surface area contributed by atoms with E-state index in [2.05, 4.69) is 43.7 Å². The second kappa shape index (κ2) is 8.37. The number of piperidine rings is 1. The lowest BCUT2D eigenvalue weighted by atomic mass is 9.93. The summed E-state index contributed by atoms with van der Waals surface area (Å²) in [5.74, 6) is 0.797. The van der Waals surface area contributed by atoms with Gasteiger partial charge in [-0.3, -0.25) is 9.38 Å². The van der Waals surface area contributed by atoms with Gasteiger partial charge in [0.25, 0.3) is 0 Å². The number of anilines is 1. The summed E-state index contributed by atoms with van der Waals surface area (Å²) in [6.45, 7) is 5.92. The smallest absolute Gasteiger partial charge is 0.141 e. The standard InChI is InChI=1S/C23H28ClFN6/c1-15-13-16(25)14-26-21(15)17-5-3-6-18(27-17)22-23(24)31-19(28-22)7-4-8-20(31)30-11-9-29(2)10-12-30/h4,7-8,13-14,17-18,27H,3,5-6,9-12H2,1-2H3/t17-,18+/m0/s1. The Balaban J connectivity index is 1.46. The molecule has 0 aliphatic carbocycles. The van der Waals surface area contributed by atoms with Gasteiger partial charge in [0.2, 0.25) is 0 Å². The fourth-order valence-corrected chi connectivity index (χ4v) is 5.19. The van der Waals surface area contributed by atoms with E-state index in [-0.39, 0.29) is 17.9 Å². The Kier molecular flexibility index (Phi) is 5.58. The van der Waals surface area contributed by atoms with Crippen LogP contribution >= 0.6 is 11.6 Å². The fourth-order valence-electron chi connectivity index (χ4n) is 4.85. The van der Waals surface area contributed by atoms with Crippen molar-refractivity contribution in [1.29, 1.82) is 0 Å². The van der Waals surface area contributed by atoms with Gasteiger partial charge in [-0.2, -0.15) is 0 Å². The first-order valence-electron chi connectivity index (χ1n) is 11.0. The molecule has 2 aliphatic rings. The Hall–Kier alpha value is -2.22. The van der Waals surface area contributed by atoms with Gasteiger partial charge in [0.1, 0.15) is 22.4 Å². The van der Waals surface area contributed by atoms with Crippen LogP contribution in [0.25, 0.3) is 5.65 Å². The van der Waals surface area contributed by atoms with Crippen LogP contribution in [0.15, 0.2) is 30.5 Å². The summed E-state index contributed by atoms with van der Waals surface area (Å²) in [5, 5.41) is 4.36. The lowest BCUT2D eigenvalue weighted by molar-refractivity contribution is 0.311. The molecule has 0 aromatic carbocycles. The van der Waals surface area contributed by atoms with E-state index in [1.807, 2.05) is 13.0 Å². The molecule has 2 fully saturated rings. The average Bonchev–Trinajstić information content (AvgIpc) is 3.11. The van der Waals surface area contributed by atoms with Crippen LogP contribution in [0.3, 0.4) is 0 Å². The van der Waals surface area contributed by atoms with Gasteiger partial charge >= 0.3 is 0 Å². The maximum absolute atomic E-state index is 13.5. The molecule has 0 saturated carbocycles. The number of hydrogen-bond acceptors (Lipinski definition) is 5. The molecule has 2 atom stereocenters. The Labute approximate surface area is 187 Å². The minimum Gasteiger partial charge on any atom is -0.355 e. The molecule has 2 saturated heterocycles. The second-order valence-corrected chi connectivity index (χ2v) is 9.07. The number of hydrogen-bond donors (Lipinski definition) is 1. The van der Waals surface area contributed by atoms with Gasteiger partial charge in [-0.1, -0.05) is 17.7 Å². The van der Waals surface area contributed by atoms with Gasteiger partial charge in [-0.05, 0) is 57.0 Å². The summed E-state index contributed by atoms with van der Waals surface area (Å²) in [4.78, 5) is 14.0. The molecule has 3 aromatic rings. The van der Waals surface area contributed by atoms with Gasteiger partial charge < -0.3 is 15.1 Å². The first-order valence-corrected chi connectivity index (χ1v) is 11.4. The minimum atomic E-state index is -0.298. The van der Waals surface area contributed by atoms with Crippen molar-refractivity contribution >= 4 is 23.1 Å². The predicted octanol–water partition coefficient (Wildman–Crippen LogP) is 4.14. The Morgan fingerprint density at radius 1 is 1.10 bits per heavy atom. The number of fused-ring (bicyclic) bond motifs is 1. The van der Waals surface area contributed by atoms with E-state index in [4.69, 9.17) is 16.6 Å². The number of rotatable bonds is 3. The quantitative estimate of drug-likeness (QED) is 0.660. The van der Waals surface area contributed by atoms with Crippen LogP contribution in [-0.4, -0.2) is 52.5 Å². The molecule has 0 amide bonds. The molecule has 5 heterocycles. The molecule has 0 unspecified atom stereocenters. The molecule has 3 aromatic heterocycles. The number of piperazine rings is 1. The van der Waals surface area contributed by atoms with Crippen molar-refractivity contribution in [2.75, 3.05) is 38.1 Å². The molecule has 2 aliphatic heterocycles. The maximum atomic E-state index is 13.5. The third kappa shape index (κ3) is 3.90. The zero-order valence-corrected chi connectivity index (χ0v) is 18.7. The Bertz CT molecular complexity index is 1090. The average molecular weight is 443 g/mol. The number of nitrogens with one attached hydrogen (secondary N) is 1. The van der Waals surface area contributed by atoms with Crippen molar-refractivity contribution in [2.24, 2.45) is 0 Å². The number of imidazole rings is 1. The molecule has 8 heteroatoms. The zero-order valence-electron chi connectivity index (χ0n) is 18.0. The zero-order chi connectivity index (χ0) is 21.5. The highest BCUT2D eigenvalue weighted by Gasteiger charge is 2.30. The van der Waals surface area contributed by atoms with Crippen molar-refractivity contribution in [3.8, 4) is 0 Å². The lowest BCUT2D eigenvalue weighted by Gasteiger charge is -2.34. The third-order valence-electron chi connectivity index (χ3n) is 6.55. The van der Waals surface area contributed by atoms with Crippen LogP contribution in [0.5, 0.6) is 0 Å². The van der Waals surface area contributed by atoms with E-state index >= 15 is 0 Å². The highest BCUT2D eigenvalue weighted by molar-refractivity contribution is 6.30. The van der Waals surface area contributed by atoms with Crippen LogP contribution in [0, 0.1) is 12.7 Å². The highest BCUT2D eigenvalue weighted by atomic mass is 35.5. The summed E-state index contributed by atoms with van der Waals surface area (Å²) in [5.41, 5.74) is 3.53. The van der Waals surface area contributed by atoms with E-state index < -0.39 is 0 Å². The molecule has 6 nitrogen and oxygen atoms in total. The van der Waals surface area contributed by atoms with Crippen LogP contribution in [0.4, 0.5) is 10.2 Å². The highest BCUT2D eigenvalue weighted by Crippen LogP contribution is 2.37. The van der Waals surface area contributed by atoms with E-state index in [0.29, 0.717) is 5.15 Å². The van der Waals surface area contributed by atoms with E-state index in [0.717, 1.165) is 73.9 Å². The largest absolute Gasteiger partial charge is 0.355 e. The van der Waals surface area contributed by atoms with Gasteiger partial charge in [-0.25, -0.2) is 9.37 Å². The van der Waals surface area contributed by atoms with Crippen LogP contribution in [0.2, 0.25) is 5.15 Å². The van der Waals surface area contributed by atoms with Crippen molar-refractivity contribution in [3.05, 3.63) is 58.4 Å². The van der Waals surface area contributed by atoms with E-state index in [1.165, 1.54) is 6.20 Å². The summed E-state index contributed by atoms with van der Waals surface area (Å²) in [7, 11) is 2.16. The second-order valence-electron chi connectivity index (χ2n) is 8.71. The normalized spacial score (nSPS) is 22.9. The summed E-state index contributed by atoms with van der Waals surface area (Å²) in [6.07, 6.45) is 4.27. The summed E-state index contributed by atoms with van der Waals surface area (Å²) < 4.78 is 15.6. The number of nitrogens with zero attached hydrogens (tertiary/aromatic N) is 5. The van der Waals surface area contributed by atoms with Crippen LogP contribution < -0.4 is 10.2 Å². The summed E-state index contributed by atoms with van der Waals surface area (Å²) in [6, 6.07) is 7.85. The minimum absolute atomic E-state index is 0.0396. The first-order chi connectivity index (χ1) is 15.0. The number of aryl methyl sites for hydroxylation is 1. The van der Waals surface area contributed by atoms with Crippen molar-refractivity contribution in [2.45, 2.75) is 38.3 Å². The number of aromatic nitrogens is 3. The molecule has 0 radical (unpaired) electrons. The number of likely N-dealkylation sites (N-methyl/N-ethyl adjacent to an activating group) is 1. The maximum Gasteiger partial charge on any atom is 0.141 e. The Morgan fingerprint density at radius 2 is 1.84 bits per heavy atom. The molecule has 5 rings (SSSR count). The van der Waals surface area contributed by atoms with Gasteiger partial charge in [0.05, 0.1) is 29.7 Å². The summed E-state index contributed by atoms with van der Waals surface area (Å²) >= 11 is 6.95. The van der Waals surface area contributed by atoms with Gasteiger partial charge in [-0.15, -0.1) is 0 Å². The first kappa shape index (κ1) is 20.7. The monoisotopic (exact) mass is 442 g/mol.